The SMILES string of the molecule is O=c1c(C2=NS(O)(O)c3ccccc3N2)c(O)c2cccnc2n1Cc1cccs1. The molecular formula is C20H16N4O4S2. The Morgan fingerprint density at radius 1 is 1.10 bits per heavy atom. The van der Waals surface area contributed by atoms with Gasteiger partial charge in [-0.05, 0) is 35.7 Å². The smallest absolute Gasteiger partial charge is 0.267 e. The van der Waals surface area contributed by atoms with Gasteiger partial charge in [-0.25, -0.2) is 4.98 Å². The van der Waals surface area contributed by atoms with Crippen LogP contribution in [0.2, 0.25) is 0 Å². The Hall–Kier alpha value is -3.18. The molecule has 1 aromatic carbocycles. The fourth-order valence-electron chi connectivity index (χ4n) is 3.43. The lowest BCUT2D eigenvalue weighted by Gasteiger charge is -2.34. The Kier molecular flexibility index (Phi) is 4.36. The third kappa shape index (κ3) is 2.97. The first-order chi connectivity index (χ1) is 14.5. The van der Waals surface area contributed by atoms with Gasteiger partial charge in [0.05, 0.1) is 17.6 Å². The molecule has 30 heavy (non-hydrogen) atoms. The van der Waals surface area contributed by atoms with Crippen LogP contribution in [-0.4, -0.2) is 29.6 Å². The predicted molar refractivity (Wildman–Crippen MR) is 119 cm³/mol. The van der Waals surface area contributed by atoms with E-state index in [-0.39, 0.29) is 28.6 Å². The molecule has 0 atom stereocenters. The Morgan fingerprint density at radius 2 is 1.93 bits per heavy atom. The third-order valence-corrected chi connectivity index (χ3v) is 7.02. The number of rotatable bonds is 3. The van der Waals surface area contributed by atoms with E-state index < -0.39 is 16.3 Å². The largest absolute Gasteiger partial charge is 0.506 e. The zero-order chi connectivity index (χ0) is 20.9. The average molecular weight is 441 g/mol. The molecule has 4 aromatic rings. The van der Waals surface area contributed by atoms with Crippen molar-refractivity contribution in [2.24, 2.45) is 4.40 Å². The lowest BCUT2D eigenvalue weighted by atomic mass is 10.1. The Labute approximate surface area is 176 Å². The van der Waals surface area contributed by atoms with E-state index in [1.165, 1.54) is 15.9 Å². The third-order valence-electron chi connectivity index (χ3n) is 4.78. The molecule has 4 heterocycles. The molecule has 8 nitrogen and oxygen atoms in total. The number of nitrogens with zero attached hydrogens (tertiary/aromatic N) is 3. The highest BCUT2D eigenvalue weighted by Crippen LogP contribution is 2.55. The highest BCUT2D eigenvalue weighted by molar-refractivity contribution is 8.23. The molecule has 0 spiro atoms. The number of fused-ring (bicyclic) bond motifs is 2. The number of pyridine rings is 2. The fourth-order valence-corrected chi connectivity index (χ4v) is 5.28. The number of amidine groups is 1. The summed E-state index contributed by atoms with van der Waals surface area (Å²) in [4.78, 5) is 18.9. The summed E-state index contributed by atoms with van der Waals surface area (Å²) in [5.41, 5.74) is 0.0763. The van der Waals surface area contributed by atoms with Crippen LogP contribution in [0, 0.1) is 0 Å². The second-order valence-electron chi connectivity index (χ2n) is 6.65. The molecule has 0 saturated carbocycles. The number of thiophene rings is 1. The highest BCUT2D eigenvalue weighted by Gasteiger charge is 2.30. The maximum absolute atomic E-state index is 13.4. The van der Waals surface area contributed by atoms with Crippen LogP contribution >= 0.6 is 22.1 Å². The van der Waals surface area contributed by atoms with Crippen LogP contribution in [0.25, 0.3) is 11.0 Å². The van der Waals surface area contributed by atoms with Crippen LogP contribution in [0.3, 0.4) is 0 Å². The zero-order valence-electron chi connectivity index (χ0n) is 15.4. The number of para-hydroxylation sites is 1. The van der Waals surface area contributed by atoms with Crippen molar-refractivity contribution < 1.29 is 14.2 Å². The minimum absolute atomic E-state index is 0.0955. The summed E-state index contributed by atoms with van der Waals surface area (Å²) in [6.45, 7) is 0.261. The fraction of sp³-hybridized carbons (Fsp3) is 0.0500. The van der Waals surface area contributed by atoms with Gasteiger partial charge < -0.3 is 10.4 Å². The number of anilines is 1. The van der Waals surface area contributed by atoms with Crippen LogP contribution in [0.1, 0.15) is 10.4 Å². The first kappa shape index (κ1) is 18.8. The van der Waals surface area contributed by atoms with Gasteiger partial charge in [-0.15, -0.1) is 15.7 Å². The van der Waals surface area contributed by atoms with Crippen LogP contribution in [0.5, 0.6) is 5.75 Å². The van der Waals surface area contributed by atoms with E-state index in [4.69, 9.17) is 0 Å². The van der Waals surface area contributed by atoms with Crippen molar-refractivity contribution in [3.63, 3.8) is 0 Å². The number of aromatic hydroxyl groups is 1. The lowest BCUT2D eigenvalue weighted by molar-refractivity contribution is 0.477. The summed E-state index contributed by atoms with van der Waals surface area (Å²) >= 11 is 1.50. The Balaban J connectivity index is 1.76. The average Bonchev–Trinajstić information content (AvgIpc) is 3.24. The first-order valence-electron chi connectivity index (χ1n) is 8.93. The van der Waals surface area contributed by atoms with E-state index in [0.717, 1.165) is 4.88 Å². The summed E-state index contributed by atoms with van der Waals surface area (Å²) in [5.74, 6) is -0.409. The van der Waals surface area contributed by atoms with Crippen LogP contribution in [0.15, 0.2) is 74.2 Å². The van der Waals surface area contributed by atoms with E-state index in [2.05, 4.69) is 14.7 Å². The molecule has 0 aliphatic carbocycles. The van der Waals surface area contributed by atoms with E-state index >= 15 is 0 Å². The second kappa shape index (κ2) is 6.96. The molecule has 152 valence electrons. The van der Waals surface area contributed by atoms with Gasteiger partial charge in [0.25, 0.3) is 5.56 Å². The van der Waals surface area contributed by atoms with Crippen molar-refractivity contribution >= 4 is 44.7 Å². The minimum Gasteiger partial charge on any atom is -0.506 e. The number of aromatic nitrogens is 2. The van der Waals surface area contributed by atoms with Gasteiger partial charge in [0, 0.05) is 11.1 Å². The number of hydrogen-bond donors (Lipinski definition) is 4. The number of nitrogens with one attached hydrogen (secondary N) is 1. The number of benzene rings is 1. The Bertz CT molecular complexity index is 1360. The molecule has 3 aromatic heterocycles. The van der Waals surface area contributed by atoms with Gasteiger partial charge in [-0.3, -0.25) is 18.5 Å². The molecule has 0 bridgehead atoms. The molecule has 0 amide bonds. The molecule has 0 unspecified atom stereocenters. The van der Waals surface area contributed by atoms with Crippen molar-refractivity contribution in [1.29, 1.82) is 0 Å². The standard InChI is InChI=1S/C20H16N4O4S2/c25-17-13-6-3-9-21-19(13)24(11-12-5-4-10-29-12)20(26)16(17)18-22-14-7-1-2-8-15(14)30(27,28)23-18/h1-10,25,27-28H,11H2,(H,22,23). The maximum Gasteiger partial charge on any atom is 0.267 e. The molecule has 1 aliphatic rings. The van der Waals surface area contributed by atoms with E-state index in [1.54, 1.807) is 42.6 Å². The van der Waals surface area contributed by atoms with Crippen molar-refractivity contribution in [2.45, 2.75) is 11.4 Å². The highest BCUT2D eigenvalue weighted by atomic mass is 32.3. The monoisotopic (exact) mass is 440 g/mol. The van der Waals surface area contributed by atoms with Gasteiger partial charge in [-0.1, -0.05) is 29.0 Å². The van der Waals surface area contributed by atoms with Crippen LogP contribution in [0.4, 0.5) is 5.69 Å². The summed E-state index contributed by atoms with van der Waals surface area (Å²) in [6.07, 6.45) is 1.55. The Morgan fingerprint density at radius 3 is 2.73 bits per heavy atom. The van der Waals surface area contributed by atoms with Gasteiger partial charge >= 0.3 is 0 Å². The summed E-state index contributed by atoms with van der Waals surface area (Å²) < 4.78 is 26.5. The van der Waals surface area contributed by atoms with Crippen molar-refractivity contribution in [2.75, 3.05) is 5.32 Å². The lowest BCUT2D eigenvalue weighted by Crippen LogP contribution is -2.32. The van der Waals surface area contributed by atoms with Crippen molar-refractivity contribution in [3.8, 4) is 5.75 Å². The van der Waals surface area contributed by atoms with E-state index in [1.807, 2.05) is 17.5 Å². The van der Waals surface area contributed by atoms with Gasteiger partial charge in [-0.2, -0.15) is 0 Å². The first-order valence-corrected chi connectivity index (χ1v) is 11.3. The molecule has 4 N–H and O–H groups in total. The van der Waals surface area contributed by atoms with Crippen molar-refractivity contribution in [1.82, 2.24) is 9.55 Å². The van der Waals surface area contributed by atoms with Gasteiger partial charge in [0.1, 0.15) is 21.9 Å². The zero-order valence-corrected chi connectivity index (χ0v) is 17.0. The van der Waals surface area contributed by atoms with Crippen LogP contribution in [-0.2, 0) is 6.54 Å². The van der Waals surface area contributed by atoms with Crippen LogP contribution < -0.4 is 10.9 Å². The topological polar surface area (TPSA) is 120 Å². The molecular weight excluding hydrogens is 424 g/mol. The molecule has 0 saturated heterocycles. The van der Waals surface area contributed by atoms with E-state index in [0.29, 0.717) is 16.7 Å². The summed E-state index contributed by atoms with van der Waals surface area (Å²) in [7, 11) is -3.54. The van der Waals surface area contributed by atoms with Gasteiger partial charge in [0.2, 0.25) is 0 Å². The van der Waals surface area contributed by atoms with E-state index in [9.17, 15) is 19.0 Å². The van der Waals surface area contributed by atoms with Gasteiger partial charge in [0.15, 0.2) is 5.84 Å². The summed E-state index contributed by atoms with van der Waals surface area (Å²) in [6, 6.07) is 13.7. The normalized spacial score (nSPS) is 15.9. The number of hydrogen-bond acceptors (Lipinski definition) is 8. The summed E-state index contributed by atoms with van der Waals surface area (Å²) in [5, 5.41) is 16.2. The molecule has 10 heteroatoms. The molecule has 0 fully saturated rings. The molecule has 5 rings (SSSR count). The molecule has 0 radical (unpaired) electrons. The maximum atomic E-state index is 13.4. The predicted octanol–water partition coefficient (Wildman–Crippen LogP) is 4.11. The minimum atomic E-state index is -3.54. The molecule has 1 aliphatic heterocycles. The quantitative estimate of drug-likeness (QED) is 0.381. The van der Waals surface area contributed by atoms with Crippen molar-refractivity contribution in [3.05, 3.63) is 80.9 Å². The second-order valence-corrected chi connectivity index (χ2v) is 9.34.